The summed E-state index contributed by atoms with van der Waals surface area (Å²) in [6.45, 7) is 7.36. The van der Waals surface area contributed by atoms with Gasteiger partial charge in [0.1, 0.15) is 6.04 Å². The van der Waals surface area contributed by atoms with Crippen LogP contribution < -0.4 is 5.32 Å². The molecule has 0 aliphatic heterocycles. The fourth-order valence-electron chi connectivity index (χ4n) is 0.749. The van der Waals surface area contributed by atoms with Crippen LogP contribution in [0.25, 0.3) is 0 Å². The first-order valence-corrected chi connectivity index (χ1v) is 4.45. The van der Waals surface area contributed by atoms with E-state index < -0.39 is 0 Å². The molecular formula is C9H18N2O. The van der Waals surface area contributed by atoms with Crippen molar-refractivity contribution in [3.8, 4) is 6.07 Å². The number of ether oxygens (including phenoxy) is 1. The van der Waals surface area contributed by atoms with Crippen LogP contribution in [0.15, 0.2) is 0 Å². The molecule has 0 heterocycles. The van der Waals surface area contributed by atoms with Gasteiger partial charge in [0.15, 0.2) is 0 Å². The lowest BCUT2D eigenvalue weighted by molar-refractivity contribution is 0.0706. The number of hydrogen-bond acceptors (Lipinski definition) is 3. The van der Waals surface area contributed by atoms with E-state index >= 15 is 0 Å². The molecule has 70 valence electrons. The van der Waals surface area contributed by atoms with E-state index in [1.54, 1.807) is 0 Å². The Hall–Kier alpha value is -0.590. The minimum atomic E-state index is -0.160. The van der Waals surface area contributed by atoms with Gasteiger partial charge in [0.05, 0.1) is 18.8 Å². The van der Waals surface area contributed by atoms with Gasteiger partial charge in [-0.15, -0.1) is 0 Å². The Kier molecular flexibility index (Phi) is 6.73. The molecular weight excluding hydrogens is 152 g/mol. The van der Waals surface area contributed by atoms with Crippen molar-refractivity contribution >= 4 is 0 Å². The van der Waals surface area contributed by atoms with Crippen LogP contribution in [0.3, 0.4) is 0 Å². The van der Waals surface area contributed by atoms with E-state index in [4.69, 9.17) is 10.00 Å². The third-order valence-corrected chi connectivity index (χ3v) is 1.39. The molecule has 0 saturated heterocycles. The monoisotopic (exact) mass is 170 g/mol. The normalized spacial score (nSPS) is 12.9. The molecule has 3 heteroatoms. The lowest BCUT2D eigenvalue weighted by Gasteiger charge is -2.12. The second-order valence-electron chi connectivity index (χ2n) is 3.02. The third-order valence-electron chi connectivity index (χ3n) is 1.39. The summed E-state index contributed by atoms with van der Waals surface area (Å²) in [7, 11) is 0. The molecule has 0 aliphatic rings. The van der Waals surface area contributed by atoms with Gasteiger partial charge in [-0.25, -0.2) is 0 Å². The van der Waals surface area contributed by atoms with Crippen molar-refractivity contribution in [2.45, 2.75) is 39.3 Å². The summed E-state index contributed by atoms with van der Waals surface area (Å²) < 4.78 is 5.31. The lowest BCUT2D eigenvalue weighted by Crippen LogP contribution is -2.33. The van der Waals surface area contributed by atoms with E-state index in [0.29, 0.717) is 6.61 Å². The molecule has 0 aliphatic carbocycles. The topological polar surface area (TPSA) is 45.0 Å². The molecule has 0 amide bonds. The summed E-state index contributed by atoms with van der Waals surface area (Å²) >= 11 is 0. The molecule has 0 bridgehead atoms. The van der Waals surface area contributed by atoms with E-state index in [1.165, 1.54) is 0 Å². The van der Waals surface area contributed by atoms with E-state index in [-0.39, 0.29) is 12.1 Å². The first-order valence-electron chi connectivity index (χ1n) is 4.45. The van der Waals surface area contributed by atoms with Crippen molar-refractivity contribution in [2.24, 2.45) is 0 Å². The maximum absolute atomic E-state index is 8.67. The highest BCUT2D eigenvalue weighted by Gasteiger charge is 2.06. The summed E-state index contributed by atoms with van der Waals surface area (Å²) in [5.41, 5.74) is 0. The number of nitriles is 1. The highest BCUT2D eigenvalue weighted by molar-refractivity contribution is 4.89. The molecule has 0 aromatic carbocycles. The van der Waals surface area contributed by atoms with Gasteiger partial charge in [-0.1, -0.05) is 6.92 Å². The van der Waals surface area contributed by atoms with Crippen LogP contribution in [0.2, 0.25) is 0 Å². The number of hydrogen-bond donors (Lipinski definition) is 1. The largest absolute Gasteiger partial charge is 0.376 e. The minimum absolute atomic E-state index is 0.160. The van der Waals surface area contributed by atoms with Gasteiger partial charge in [0.25, 0.3) is 0 Å². The molecule has 0 aromatic rings. The molecule has 0 spiro atoms. The fraction of sp³-hybridized carbons (Fsp3) is 0.889. The summed E-state index contributed by atoms with van der Waals surface area (Å²) in [6, 6.07) is 2.00. The van der Waals surface area contributed by atoms with Crippen LogP contribution in [0.1, 0.15) is 27.2 Å². The second kappa shape index (κ2) is 7.08. The molecule has 0 saturated carbocycles. The molecule has 1 unspecified atom stereocenters. The van der Waals surface area contributed by atoms with Gasteiger partial charge in [0, 0.05) is 0 Å². The molecule has 1 N–H and O–H groups in total. The Morgan fingerprint density at radius 3 is 2.58 bits per heavy atom. The summed E-state index contributed by atoms with van der Waals surface area (Å²) in [5, 5.41) is 11.8. The maximum Gasteiger partial charge on any atom is 0.119 e. The average molecular weight is 170 g/mol. The van der Waals surface area contributed by atoms with Gasteiger partial charge in [-0.05, 0) is 26.8 Å². The standard InChI is InChI=1S/C9H18N2O/c1-4-5-11-9(6-10)7-12-8(2)3/h8-9,11H,4-5,7H2,1-3H3. The zero-order chi connectivity index (χ0) is 9.40. The predicted octanol–water partition coefficient (Wildman–Crippen LogP) is 1.30. The first kappa shape index (κ1) is 11.4. The van der Waals surface area contributed by atoms with Crippen LogP contribution >= 0.6 is 0 Å². The SMILES string of the molecule is CCCNC(C#N)COC(C)C. The van der Waals surface area contributed by atoms with Gasteiger partial charge in [-0.2, -0.15) is 5.26 Å². The summed E-state index contributed by atoms with van der Waals surface area (Å²) in [5.74, 6) is 0. The van der Waals surface area contributed by atoms with E-state index in [1.807, 2.05) is 13.8 Å². The Morgan fingerprint density at radius 1 is 1.50 bits per heavy atom. The lowest BCUT2D eigenvalue weighted by atomic mass is 10.3. The second-order valence-corrected chi connectivity index (χ2v) is 3.02. The van der Waals surface area contributed by atoms with Gasteiger partial charge in [0.2, 0.25) is 0 Å². The van der Waals surface area contributed by atoms with Crippen molar-refractivity contribution in [1.29, 1.82) is 5.26 Å². The molecule has 0 fully saturated rings. The van der Waals surface area contributed by atoms with Crippen LogP contribution in [0.5, 0.6) is 0 Å². The molecule has 3 nitrogen and oxygen atoms in total. The fourth-order valence-corrected chi connectivity index (χ4v) is 0.749. The molecule has 0 rings (SSSR count). The molecule has 0 aromatic heterocycles. The van der Waals surface area contributed by atoms with Gasteiger partial charge >= 0.3 is 0 Å². The van der Waals surface area contributed by atoms with Crippen molar-refractivity contribution in [3.63, 3.8) is 0 Å². The average Bonchev–Trinajstić information content (AvgIpc) is 2.05. The van der Waals surface area contributed by atoms with Crippen molar-refractivity contribution in [1.82, 2.24) is 5.32 Å². The highest BCUT2D eigenvalue weighted by atomic mass is 16.5. The van der Waals surface area contributed by atoms with Gasteiger partial charge in [-0.3, -0.25) is 0 Å². The van der Waals surface area contributed by atoms with E-state index in [2.05, 4.69) is 18.3 Å². The molecule has 12 heavy (non-hydrogen) atoms. The Morgan fingerprint density at radius 2 is 2.17 bits per heavy atom. The Balaban J connectivity index is 3.48. The summed E-state index contributed by atoms with van der Waals surface area (Å²) in [6.07, 6.45) is 1.24. The van der Waals surface area contributed by atoms with Crippen LogP contribution in [-0.4, -0.2) is 25.3 Å². The van der Waals surface area contributed by atoms with Crippen molar-refractivity contribution in [3.05, 3.63) is 0 Å². The first-order chi connectivity index (χ1) is 5.70. The van der Waals surface area contributed by atoms with Crippen molar-refractivity contribution in [2.75, 3.05) is 13.2 Å². The Labute approximate surface area is 74.7 Å². The number of nitrogens with zero attached hydrogens (tertiary/aromatic N) is 1. The van der Waals surface area contributed by atoms with Crippen LogP contribution in [-0.2, 0) is 4.74 Å². The summed E-state index contributed by atoms with van der Waals surface area (Å²) in [4.78, 5) is 0. The predicted molar refractivity (Wildman–Crippen MR) is 48.8 cm³/mol. The number of rotatable bonds is 6. The maximum atomic E-state index is 8.67. The quantitative estimate of drug-likeness (QED) is 0.653. The third kappa shape index (κ3) is 6.14. The van der Waals surface area contributed by atoms with Crippen LogP contribution in [0, 0.1) is 11.3 Å². The van der Waals surface area contributed by atoms with E-state index in [0.717, 1.165) is 13.0 Å². The smallest absolute Gasteiger partial charge is 0.119 e. The highest BCUT2D eigenvalue weighted by Crippen LogP contribution is 1.91. The van der Waals surface area contributed by atoms with E-state index in [9.17, 15) is 0 Å². The minimum Gasteiger partial charge on any atom is -0.376 e. The molecule has 1 atom stereocenters. The van der Waals surface area contributed by atoms with Crippen LogP contribution in [0.4, 0.5) is 0 Å². The zero-order valence-electron chi connectivity index (χ0n) is 8.13. The molecule has 0 radical (unpaired) electrons. The Bertz CT molecular complexity index is 140. The van der Waals surface area contributed by atoms with Crippen molar-refractivity contribution < 1.29 is 4.74 Å². The van der Waals surface area contributed by atoms with Gasteiger partial charge < -0.3 is 10.1 Å². The number of nitrogens with one attached hydrogen (secondary N) is 1. The zero-order valence-corrected chi connectivity index (χ0v) is 8.13.